The lowest BCUT2D eigenvalue weighted by atomic mass is 10.0. The van der Waals surface area contributed by atoms with E-state index in [1.54, 1.807) is 6.92 Å². The van der Waals surface area contributed by atoms with E-state index in [4.69, 9.17) is 0 Å². The number of nitro benzene ring substituents is 1. The van der Waals surface area contributed by atoms with Crippen molar-refractivity contribution < 1.29 is 14.5 Å². The summed E-state index contributed by atoms with van der Waals surface area (Å²) in [5.41, 5.74) is 0.387. The molecule has 0 aliphatic heterocycles. The van der Waals surface area contributed by atoms with Gasteiger partial charge in [-0.15, -0.1) is 0 Å². The molecular formula is C10H9NO4. The van der Waals surface area contributed by atoms with Crippen LogP contribution < -0.4 is 0 Å². The number of aryl methyl sites for hydroxylation is 1. The molecule has 0 N–H and O–H groups in total. The van der Waals surface area contributed by atoms with E-state index < -0.39 is 4.92 Å². The Morgan fingerprint density at radius 2 is 2.07 bits per heavy atom. The number of hydrogen-bond donors (Lipinski definition) is 0. The topological polar surface area (TPSA) is 77.3 Å². The van der Waals surface area contributed by atoms with Crippen molar-refractivity contribution in [1.82, 2.24) is 0 Å². The second-order valence-corrected chi connectivity index (χ2v) is 3.16. The van der Waals surface area contributed by atoms with E-state index in [0.717, 1.165) is 6.07 Å². The summed E-state index contributed by atoms with van der Waals surface area (Å²) >= 11 is 0. The standard InChI is InChI=1S/C10H9NO4/c1-6-3-8(5-12)4-9(11(14)15)10(6)7(2)13/h3-5H,1-2H3. The van der Waals surface area contributed by atoms with Crippen LogP contribution >= 0.6 is 0 Å². The van der Waals surface area contributed by atoms with E-state index in [1.807, 2.05) is 0 Å². The highest BCUT2D eigenvalue weighted by atomic mass is 16.6. The van der Waals surface area contributed by atoms with Crippen molar-refractivity contribution in [3.63, 3.8) is 0 Å². The molecule has 15 heavy (non-hydrogen) atoms. The van der Waals surface area contributed by atoms with Crippen molar-refractivity contribution in [2.75, 3.05) is 0 Å². The molecule has 5 nitrogen and oxygen atoms in total. The molecule has 0 radical (unpaired) electrons. The Bertz CT molecular complexity index is 451. The van der Waals surface area contributed by atoms with Gasteiger partial charge in [-0.2, -0.15) is 0 Å². The van der Waals surface area contributed by atoms with E-state index in [9.17, 15) is 19.7 Å². The monoisotopic (exact) mass is 207 g/mol. The lowest BCUT2D eigenvalue weighted by Gasteiger charge is -2.03. The molecule has 0 bridgehead atoms. The summed E-state index contributed by atoms with van der Waals surface area (Å²) < 4.78 is 0. The lowest BCUT2D eigenvalue weighted by Crippen LogP contribution is -2.04. The zero-order valence-corrected chi connectivity index (χ0v) is 8.31. The first-order valence-electron chi connectivity index (χ1n) is 4.22. The van der Waals surface area contributed by atoms with Crippen LogP contribution in [-0.2, 0) is 0 Å². The van der Waals surface area contributed by atoms with Crippen molar-refractivity contribution in [2.45, 2.75) is 13.8 Å². The summed E-state index contributed by atoms with van der Waals surface area (Å²) in [4.78, 5) is 31.7. The van der Waals surface area contributed by atoms with E-state index >= 15 is 0 Å². The molecule has 0 heterocycles. The fourth-order valence-electron chi connectivity index (χ4n) is 1.47. The first-order valence-corrected chi connectivity index (χ1v) is 4.22. The van der Waals surface area contributed by atoms with Gasteiger partial charge in [0.1, 0.15) is 6.29 Å². The Morgan fingerprint density at radius 1 is 1.47 bits per heavy atom. The van der Waals surface area contributed by atoms with E-state index in [0.29, 0.717) is 11.8 Å². The number of carbonyl (C=O) groups excluding carboxylic acids is 2. The largest absolute Gasteiger partial charge is 0.298 e. The van der Waals surface area contributed by atoms with Crippen LogP contribution in [0.3, 0.4) is 0 Å². The Labute approximate surface area is 85.9 Å². The van der Waals surface area contributed by atoms with E-state index in [1.165, 1.54) is 13.0 Å². The molecule has 78 valence electrons. The van der Waals surface area contributed by atoms with Gasteiger partial charge >= 0.3 is 0 Å². The average molecular weight is 207 g/mol. The van der Waals surface area contributed by atoms with Gasteiger partial charge in [0.05, 0.1) is 10.5 Å². The molecule has 0 aromatic heterocycles. The van der Waals surface area contributed by atoms with Gasteiger partial charge in [-0.3, -0.25) is 19.7 Å². The molecule has 0 spiro atoms. The van der Waals surface area contributed by atoms with E-state index in [-0.39, 0.29) is 22.6 Å². The van der Waals surface area contributed by atoms with Crippen molar-refractivity contribution in [3.8, 4) is 0 Å². The van der Waals surface area contributed by atoms with Gasteiger partial charge in [-0.25, -0.2) is 0 Å². The minimum absolute atomic E-state index is 0.0607. The van der Waals surface area contributed by atoms with Crippen LogP contribution in [0.1, 0.15) is 33.2 Å². The smallest absolute Gasteiger partial charge is 0.281 e. The van der Waals surface area contributed by atoms with Crippen molar-refractivity contribution in [3.05, 3.63) is 38.9 Å². The summed E-state index contributed by atoms with van der Waals surface area (Å²) in [7, 11) is 0. The first-order chi connectivity index (χ1) is 6.97. The number of rotatable bonds is 3. The number of benzene rings is 1. The third-order valence-electron chi connectivity index (χ3n) is 2.02. The summed E-state index contributed by atoms with van der Waals surface area (Å²) in [6, 6.07) is 2.56. The van der Waals surface area contributed by atoms with Gasteiger partial charge in [0.25, 0.3) is 5.69 Å². The summed E-state index contributed by atoms with van der Waals surface area (Å²) in [5, 5.41) is 10.7. The van der Waals surface area contributed by atoms with Crippen molar-refractivity contribution >= 4 is 17.8 Å². The molecule has 0 aliphatic rings. The first kappa shape index (κ1) is 11.0. The molecule has 1 aromatic rings. The molecule has 0 saturated carbocycles. The minimum Gasteiger partial charge on any atom is -0.298 e. The fraction of sp³-hybridized carbons (Fsp3) is 0.200. The second-order valence-electron chi connectivity index (χ2n) is 3.16. The SMILES string of the molecule is CC(=O)c1c(C)cc(C=O)cc1[N+](=O)[O-]. The van der Waals surface area contributed by atoms with Gasteiger partial charge < -0.3 is 0 Å². The number of nitro groups is 1. The van der Waals surface area contributed by atoms with Crippen LogP contribution in [-0.4, -0.2) is 17.0 Å². The number of nitrogens with zero attached hydrogens (tertiary/aromatic N) is 1. The van der Waals surface area contributed by atoms with Crippen LogP contribution in [0.25, 0.3) is 0 Å². The van der Waals surface area contributed by atoms with Gasteiger partial charge in [0.2, 0.25) is 0 Å². The molecule has 0 unspecified atom stereocenters. The number of ketones is 1. The molecular weight excluding hydrogens is 198 g/mol. The Hall–Kier alpha value is -2.04. The summed E-state index contributed by atoms with van der Waals surface area (Å²) in [6.45, 7) is 2.83. The zero-order chi connectivity index (χ0) is 11.6. The molecule has 5 heteroatoms. The van der Waals surface area contributed by atoms with Crippen molar-refractivity contribution in [1.29, 1.82) is 0 Å². The fourth-order valence-corrected chi connectivity index (χ4v) is 1.47. The maximum Gasteiger partial charge on any atom is 0.281 e. The van der Waals surface area contributed by atoms with Crippen LogP contribution in [0.5, 0.6) is 0 Å². The Kier molecular flexibility index (Phi) is 2.94. The minimum atomic E-state index is -0.656. The summed E-state index contributed by atoms with van der Waals surface area (Å²) in [6.07, 6.45) is 0.518. The van der Waals surface area contributed by atoms with Gasteiger partial charge in [0, 0.05) is 11.6 Å². The van der Waals surface area contributed by atoms with Crippen molar-refractivity contribution in [2.24, 2.45) is 0 Å². The Balaban J connectivity index is 3.56. The third-order valence-corrected chi connectivity index (χ3v) is 2.02. The van der Waals surface area contributed by atoms with Gasteiger partial charge in [0.15, 0.2) is 5.78 Å². The molecule has 1 rings (SSSR count). The molecule has 0 atom stereocenters. The lowest BCUT2D eigenvalue weighted by molar-refractivity contribution is -0.385. The van der Waals surface area contributed by atoms with Crippen LogP contribution in [0.15, 0.2) is 12.1 Å². The quantitative estimate of drug-likeness (QED) is 0.328. The van der Waals surface area contributed by atoms with Gasteiger partial charge in [-0.1, -0.05) is 0 Å². The maximum atomic E-state index is 11.2. The molecule has 0 saturated heterocycles. The maximum absolute atomic E-state index is 11.2. The zero-order valence-electron chi connectivity index (χ0n) is 8.31. The third kappa shape index (κ3) is 2.07. The highest BCUT2D eigenvalue weighted by Crippen LogP contribution is 2.24. The van der Waals surface area contributed by atoms with Gasteiger partial charge in [-0.05, 0) is 25.5 Å². The molecule has 0 amide bonds. The number of carbonyl (C=O) groups is 2. The number of hydrogen-bond acceptors (Lipinski definition) is 4. The number of aldehydes is 1. The average Bonchev–Trinajstić information content (AvgIpc) is 2.15. The van der Waals surface area contributed by atoms with E-state index in [2.05, 4.69) is 0 Å². The predicted molar refractivity (Wildman–Crippen MR) is 53.2 cm³/mol. The molecule has 1 aromatic carbocycles. The van der Waals surface area contributed by atoms with Crippen LogP contribution in [0, 0.1) is 17.0 Å². The Morgan fingerprint density at radius 3 is 2.47 bits per heavy atom. The normalized spacial score (nSPS) is 9.73. The van der Waals surface area contributed by atoms with Crippen LogP contribution in [0.4, 0.5) is 5.69 Å². The highest BCUT2D eigenvalue weighted by molar-refractivity contribution is 6.00. The molecule has 0 fully saturated rings. The summed E-state index contributed by atoms with van der Waals surface area (Å²) in [5.74, 6) is -0.378. The van der Waals surface area contributed by atoms with Crippen LogP contribution in [0.2, 0.25) is 0 Å². The molecule has 0 aliphatic carbocycles. The predicted octanol–water partition coefficient (Wildman–Crippen LogP) is 1.92. The highest BCUT2D eigenvalue weighted by Gasteiger charge is 2.20. The second kappa shape index (κ2) is 4.00. The number of Topliss-reactive ketones (excluding diaryl/α,β-unsaturated/α-hetero) is 1.